The summed E-state index contributed by atoms with van der Waals surface area (Å²) >= 11 is 5.82. The Hall–Kier alpha value is -2.09. The van der Waals surface area contributed by atoms with E-state index in [1.807, 2.05) is 32.0 Å². The third-order valence-electron chi connectivity index (χ3n) is 4.70. The molecular weight excluding hydrogens is 398 g/mol. The molecule has 1 heterocycles. The Kier molecular flexibility index (Phi) is 6.27. The second kappa shape index (κ2) is 8.51. The average Bonchev–Trinajstić information content (AvgIpc) is 2.61. The molecule has 8 heteroatoms. The van der Waals surface area contributed by atoms with Gasteiger partial charge in [-0.25, -0.2) is 17.9 Å². The largest absolute Gasteiger partial charge is 0.324 e. The highest BCUT2D eigenvalue weighted by atomic mass is 35.5. The summed E-state index contributed by atoms with van der Waals surface area (Å²) in [5.41, 5.74) is 2.95. The predicted molar refractivity (Wildman–Crippen MR) is 111 cm³/mol. The van der Waals surface area contributed by atoms with Gasteiger partial charge < -0.3 is 10.2 Å². The van der Waals surface area contributed by atoms with Crippen LogP contribution in [0, 0.1) is 13.8 Å². The number of amides is 2. The van der Waals surface area contributed by atoms with Gasteiger partial charge in [-0.2, -0.15) is 0 Å². The Morgan fingerprint density at radius 1 is 1.04 bits per heavy atom. The molecule has 1 aliphatic rings. The first-order valence-corrected chi connectivity index (χ1v) is 11.0. The number of carbonyl (C=O) groups excluding carboxylic acids is 1. The van der Waals surface area contributed by atoms with E-state index in [4.69, 9.17) is 11.6 Å². The monoisotopic (exact) mass is 421 g/mol. The van der Waals surface area contributed by atoms with E-state index in [-0.39, 0.29) is 17.0 Å². The minimum absolute atomic E-state index is 0.163. The van der Waals surface area contributed by atoms with E-state index in [1.165, 1.54) is 12.1 Å². The summed E-state index contributed by atoms with van der Waals surface area (Å²) < 4.78 is 27.7. The van der Waals surface area contributed by atoms with Crippen molar-refractivity contribution < 1.29 is 13.2 Å². The number of sulfonamides is 1. The van der Waals surface area contributed by atoms with Crippen molar-refractivity contribution in [3.8, 4) is 0 Å². The first-order valence-electron chi connectivity index (χ1n) is 9.15. The van der Waals surface area contributed by atoms with Crippen molar-refractivity contribution in [3.05, 3.63) is 58.6 Å². The molecule has 0 saturated carbocycles. The van der Waals surface area contributed by atoms with E-state index in [1.54, 1.807) is 17.0 Å². The van der Waals surface area contributed by atoms with Crippen LogP contribution in [0.25, 0.3) is 0 Å². The van der Waals surface area contributed by atoms with E-state index >= 15 is 0 Å². The van der Waals surface area contributed by atoms with Crippen molar-refractivity contribution in [1.82, 2.24) is 9.62 Å². The number of halogens is 1. The molecule has 0 aliphatic carbocycles. The fourth-order valence-corrected chi connectivity index (χ4v) is 4.78. The summed E-state index contributed by atoms with van der Waals surface area (Å²) in [4.78, 5) is 14.4. The van der Waals surface area contributed by atoms with Crippen molar-refractivity contribution in [2.75, 3.05) is 18.4 Å². The van der Waals surface area contributed by atoms with E-state index in [0.717, 1.165) is 16.8 Å². The highest BCUT2D eigenvalue weighted by Gasteiger charge is 2.26. The molecule has 2 N–H and O–H groups in total. The number of benzene rings is 2. The summed E-state index contributed by atoms with van der Waals surface area (Å²) in [6, 6.07) is 11.6. The van der Waals surface area contributed by atoms with E-state index in [9.17, 15) is 13.2 Å². The summed E-state index contributed by atoms with van der Waals surface area (Å²) in [6.45, 7) is 4.96. The number of nitrogens with zero attached hydrogens (tertiary/aromatic N) is 1. The molecule has 28 heavy (non-hydrogen) atoms. The van der Waals surface area contributed by atoms with Gasteiger partial charge in [-0.3, -0.25) is 0 Å². The summed E-state index contributed by atoms with van der Waals surface area (Å²) in [5.74, 6) is 0. The van der Waals surface area contributed by atoms with Crippen molar-refractivity contribution in [2.45, 2.75) is 37.6 Å². The smallest absolute Gasteiger partial charge is 0.321 e. The third-order valence-corrected chi connectivity index (χ3v) is 6.49. The maximum atomic E-state index is 12.5. The second-order valence-electron chi connectivity index (χ2n) is 7.14. The van der Waals surface area contributed by atoms with E-state index in [0.29, 0.717) is 31.0 Å². The fraction of sp³-hybridized carbons (Fsp3) is 0.350. The quantitative estimate of drug-likeness (QED) is 0.784. The molecule has 0 radical (unpaired) electrons. The Morgan fingerprint density at radius 3 is 2.18 bits per heavy atom. The molecule has 0 aromatic heterocycles. The van der Waals surface area contributed by atoms with Crippen molar-refractivity contribution in [2.24, 2.45) is 0 Å². The van der Waals surface area contributed by atoms with Crippen LogP contribution in [0.3, 0.4) is 0 Å². The molecule has 150 valence electrons. The number of anilines is 1. The maximum absolute atomic E-state index is 12.5. The number of carbonyl (C=O) groups is 1. The second-order valence-corrected chi connectivity index (χ2v) is 9.29. The molecule has 1 aliphatic heterocycles. The van der Waals surface area contributed by atoms with Crippen LogP contribution in [0.4, 0.5) is 10.5 Å². The van der Waals surface area contributed by atoms with Crippen LogP contribution >= 0.6 is 11.6 Å². The first-order chi connectivity index (χ1) is 13.2. The van der Waals surface area contributed by atoms with Gasteiger partial charge in [-0.1, -0.05) is 17.7 Å². The van der Waals surface area contributed by atoms with Crippen LogP contribution in [0.15, 0.2) is 47.4 Å². The molecule has 2 aromatic rings. The van der Waals surface area contributed by atoms with Gasteiger partial charge in [0.15, 0.2) is 0 Å². The van der Waals surface area contributed by atoms with Gasteiger partial charge in [0.1, 0.15) is 0 Å². The third kappa shape index (κ3) is 5.25. The number of urea groups is 1. The van der Waals surface area contributed by atoms with E-state index < -0.39 is 10.0 Å². The number of nitrogens with one attached hydrogen (secondary N) is 2. The molecule has 3 rings (SSSR count). The lowest BCUT2D eigenvalue weighted by atomic mass is 10.1. The lowest BCUT2D eigenvalue weighted by Gasteiger charge is -2.32. The molecule has 0 unspecified atom stereocenters. The van der Waals surface area contributed by atoms with Crippen LogP contribution in [0.1, 0.15) is 24.0 Å². The van der Waals surface area contributed by atoms with Gasteiger partial charge in [-0.15, -0.1) is 0 Å². The fourth-order valence-electron chi connectivity index (χ4n) is 3.35. The molecule has 6 nitrogen and oxygen atoms in total. The maximum Gasteiger partial charge on any atom is 0.321 e. The number of hydrogen-bond donors (Lipinski definition) is 2. The van der Waals surface area contributed by atoms with Crippen LogP contribution < -0.4 is 10.0 Å². The van der Waals surface area contributed by atoms with E-state index in [2.05, 4.69) is 10.0 Å². The molecule has 0 spiro atoms. The van der Waals surface area contributed by atoms with Crippen LogP contribution in [0.2, 0.25) is 5.02 Å². The number of piperidine rings is 1. The normalized spacial score (nSPS) is 15.5. The zero-order chi connectivity index (χ0) is 20.3. The zero-order valence-corrected chi connectivity index (χ0v) is 17.5. The summed E-state index contributed by atoms with van der Waals surface area (Å²) in [5, 5.41) is 3.41. The average molecular weight is 422 g/mol. The minimum Gasteiger partial charge on any atom is -0.324 e. The number of aryl methyl sites for hydroxylation is 2. The van der Waals surface area contributed by atoms with Crippen molar-refractivity contribution in [3.63, 3.8) is 0 Å². The van der Waals surface area contributed by atoms with Gasteiger partial charge in [0.25, 0.3) is 0 Å². The standard InChI is InChI=1S/C20H24ClN3O3S/c1-14-11-15(2)13-18(12-14)22-20(25)24-9-7-17(8-10-24)23-28(26,27)19-5-3-16(21)4-6-19/h3-6,11-13,17,23H,7-10H2,1-2H3,(H,22,25). The molecular formula is C20H24ClN3O3S. The van der Waals surface area contributed by atoms with Crippen LogP contribution in [-0.4, -0.2) is 38.5 Å². The Balaban J connectivity index is 1.55. The lowest BCUT2D eigenvalue weighted by Crippen LogP contribution is -2.47. The Morgan fingerprint density at radius 2 is 1.61 bits per heavy atom. The highest BCUT2D eigenvalue weighted by Crippen LogP contribution is 2.19. The number of hydrogen-bond acceptors (Lipinski definition) is 3. The Labute approximate surface area is 170 Å². The predicted octanol–water partition coefficient (Wildman–Crippen LogP) is 3.93. The van der Waals surface area contributed by atoms with Crippen LogP contribution in [0.5, 0.6) is 0 Å². The molecule has 2 amide bonds. The lowest BCUT2D eigenvalue weighted by molar-refractivity contribution is 0.193. The topological polar surface area (TPSA) is 78.5 Å². The van der Waals surface area contributed by atoms with Gasteiger partial charge in [0.05, 0.1) is 4.90 Å². The highest BCUT2D eigenvalue weighted by molar-refractivity contribution is 7.89. The molecule has 1 saturated heterocycles. The number of rotatable bonds is 4. The van der Waals surface area contributed by atoms with Gasteiger partial charge in [-0.05, 0) is 74.2 Å². The van der Waals surface area contributed by atoms with Gasteiger partial charge in [0, 0.05) is 29.8 Å². The molecule has 1 fully saturated rings. The molecule has 2 aromatic carbocycles. The van der Waals surface area contributed by atoms with Gasteiger partial charge in [0.2, 0.25) is 10.0 Å². The Bertz CT molecular complexity index is 933. The SMILES string of the molecule is Cc1cc(C)cc(NC(=O)N2CCC(NS(=O)(=O)c3ccc(Cl)cc3)CC2)c1. The van der Waals surface area contributed by atoms with Crippen molar-refractivity contribution >= 4 is 33.3 Å². The zero-order valence-electron chi connectivity index (χ0n) is 15.9. The summed E-state index contributed by atoms with van der Waals surface area (Å²) in [6.07, 6.45) is 1.13. The van der Waals surface area contributed by atoms with Gasteiger partial charge >= 0.3 is 6.03 Å². The van der Waals surface area contributed by atoms with Crippen molar-refractivity contribution in [1.29, 1.82) is 0 Å². The number of likely N-dealkylation sites (tertiary alicyclic amines) is 1. The first kappa shape index (κ1) is 20.6. The molecule has 0 atom stereocenters. The summed E-state index contributed by atoms with van der Waals surface area (Å²) in [7, 11) is -3.60. The minimum atomic E-state index is -3.60. The molecule has 0 bridgehead atoms. The van der Waals surface area contributed by atoms with Crippen LogP contribution in [-0.2, 0) is 10.0 Å².